The Kier molecular flexibility index (Phi) is 4.39. The maximum atomic E-state index is 6.10. The number of hydrogen-bond acceptors (Lipinski definition) is 3. The number of rotatable bonds is 3. The van der Waals surface area contributed by atoms with E-state index in [1.54, 1.807) is 23.5 Å². The first-order valence-corrected chi connectivity index (χ1v) is 7.63. The van der Waals surface area contributed by atoms with Crippen molar-refractivity contribution in [1.29, 1.82) is 0 Å². The maximum Gasteiger partial charge on any atom is 0.0982 e. The Labute approximate surface area is 127 Å². The van der Waals surface area contributed by atoms with Crippen LogP contribution in [0.25, 0.3) is 0 Å². The van der Waals surface area contributed by atoms with Gasteiger partial charge < -0.3 is 5.32 Å². The first-order chi connectivity index (χ1) is 8.86. The van der Waals surface area contributed by atoms with E-state index in [2.05, 4.69) is 36.5 Å². The Morgan fingerprint density at radius 1 is 1.26 bits per heavy atom. The summed E-state index contributed by atoms with van der Waals surface area (Å²) in [7, 11) is 0. The van der Waals surface area contributed by atoms with E-state index in [-0.39, 0.29) is 5.41 Å². The lowest BCUT2D eigenvalue weighted by Crippen LogP contribution is -2.11. The van der Waals surface area contributed by atoms with Gasteiger partial charge in [0.2, 0.25) is 0 Å². The molecule has 0 atom stereocenters. The van der Waals surface area contributed by atoms with Gasteiger partial charge in [-0.15, -0.1) is 11.3 Å². The number of nitrogens with zero attached hydrogens (tertiary/aromatic N) is 1. The van der Waals surface area contributed by atoms with Gasteiger partial charge in [0.15, 0.2) is 0 Å². The van der Waals surface area contributed by atoms with Crippen LogP contribution >= 0.6 is 34.5 Å². The molecule has 19 heavy (non-hydrogen) atoms. The van der Waals surface area contributed by atoms with Gasteiger partial charge in [0, 0.05) is 15.8 Å². The van der Waals surface area contributed by atoms with Crippen molar-refractivity contribution in [1.82, 2.24) is 4.98 Å². The number of nitrogens with one attached hydrogen (secondary N) is 1. The van der Waals surface area contributed by atoms with Gasteiger partial charge in [-0.3, -0.25) is 0 Å². The Balaban J connectivity index is 2.06. The van der Waals surface area contributed by atoms with Crippen molar-refractivity contribution in [2.45, 2.75) is 32.7 Å². The molecule has 0 aliphatic heterocycles. The topological polar surface area (TPSA) is 24.9 Å². The standard InChI is InChI=1S/C14H16Cl2N2S/c1-14(2,3)13-18-10(8-19-13)7-17-12-6-9(15)4-5-11(12)16/h4-6,8,17H,7H2,1-3H3. The zero-order valence-electron chi connectivity index (χ0n) is 11.1. The van der Waals surface area contributed by atoms with Crippen molar-refractivity contribution in [3.63, 3.8) is 0 Å². The van der Waals surface area contributed by atoms with Crippen molar-refractivity contribution in [2.75, 3.05) is 5.32 Å². The van der Waals surface area contributed by atoms with Gasteiger partial charge in [-0.1, -0.05) is 44.0 Å². The summed E-state index contributed by atoms with van der Waals surface area (Å²) in [6.45, 7) is 7.14. The highest BCUT2D eigenvalue weighted by atomic mass is 35.5. The molecule has 0 spiro atoms. The van der Waals surface area contributed by atoms with Crippen molar-refractivity contribution >= 4 is 40.2 Å². The summed E-state index contributed by atoms with van der Waals surface area (Å²) in [5.41, 5.74) is 1.95. The zero-order valence-corrected chi connectivity index (χ0v) is 13.5. The molecule has 0 saturated heterocycles. The van der Waals surface area contributed by atoms with E-state index in [1.165, 1.54) is 0 Å². The SMILES string of the molecule is CC(C)(C)c1nc(CNc2cc(Cl)ccc2Cl)cs1. The van der Waals surface area contributed by atoms with E-state index in [0.717, 1.165) is 16.4 Å². The molecule has 0 aliphatic rings. The third-order valence-corrected chi connectivity index (χ3v) is 4.46. The molecule has 0 fully saturated rings. The van der Waals surface area contributed by atoms with Crippen LogP contribution < -0.4 is 5.32 Å². The van der Waals surface area contributed by atoms with Gasteiger partial charge in [-0.2, -0.15) is 0 Å². The second-order valence-corrected chi connectivity index (χ2v) is 7.07. The Bertz CT molecular complexity index is 573. The molecule has 0 bridgehead atoms. The van der Waals surface area contributed by atoms with Gasteiger partial charge in [0.1, 0.15) is 0 Å². The van der Waals surface area contributed by atoms with E-state index in [0.29, 0.717) is 16.6 Å². The van der Waals surface area contributed by atoms with Crippen LogP contribution in [0.15, 0.2) is 23.6 Å². The van der Waals surface area contributed by atoms with Crippen LogP contribution in [0.5, 0.6) is 0 Å². The fourth-order valence-electron chi connectivity index (χ4n) is 1.55. The molecule has 0 radical (unpaired) electrons. The highest BCUT2D eigenvalue weighted by Crippen LogP contribution is 2.28. The number of benzene rings is 1. The van der Waals surface area contributed by atoms with Crippen molar-refractivity contribution in [3.05, 3.63) is 44.3 Å². The van der Waals surface area contributed by atoms with Crippen molar-refractivity contribution in [3.8, 4) is 0 Å². The third kappa shape index (κ3) is 3.85. The molecule has 0 aliphatic carbocycles. The number of aromatic nitrogens is 1. The normalized spacial score (nSPS) is 11.6. The van der Waals surface area contributed by atoms with Gasteiger partial charge in [-0.25, -0.2) is 4.98 Å². The fourth-order valence-corrected chi connectivity index (χ4v) is 2.82. The van der Waals surface area contributed by atoms with E-state index >= 15 is 0 Å². The van der Waals surface area contributed by atoms with Crippen LogP contribution in [0.3, 0.4) is 0 Å². The number of hydrogen-bond donors (Lipinski definition) is 1. The summed E-state index contributed by atoms with van der Waals surface area (Å²) in [5, 5.41) is 7.81. The average molecular weight is 315 g/mol. The molecular weight excluding hydrogens is 299 g/mol. The molecule has 102 valence electrons. The molecule has 0 saturated carbocycles. The third-order valence-electron chi connectivity index (χ3n) is 2.58. The highest BCUT2D eigenvalue weighted by molar-refractivity contribution is 7.09. The van der Waals surface area contributed by atoms with Gasteiger partial charge in [0.05, 0.1) is 28.0 Å². The number of thiazole rings is 1. The quantitative estimate of drug-likeness (QED) is 0.825. The second-order valence-electron chi connectivity index (χ2n) is 5.37. The summed E-state index contributed by atoms with van der Waals surface area (Å²) in [6.07, 6.45) is 0. The lowest BCUT2D eigenvalue weighted by Gasteiger charge is -2.13. The summed E-state index contributed by atoms with van der Waals surface area (Å²) in [5.74, 6) is 0. The second kappa shape index (κ2) is 5.70. The first kappa shape index (κ1) is 14.6. The monoisotopic (exact) mass is 314 g/mol. The van der Waals surface area contributed by atoms with Crippen LogP contribution in [-0.2, 0) is 12.0 Å². The Hall–Kier alpha value is -0.770. The minimum absolute atomic E-state index is 0.0939. The summed E-state index contributed by atoms with van der Waals surface area (Å²) < 4.78 is 0. The Morgan fingerprint density at radius 3 is 2.63 bits per heavy atom. The van der Waals surface area contributed by atoms with E-state index in [9.17, 15) is 0 Å². The summed E-state index contributed by atoms with van der Waals surface area (Å²) in [6, 6.07) is 5.38. The predicted octanol–water partition coefficient (Wildman–Crippen LogP) is 5.36. The molecule has 2 rings (SSSR count). The zero-order chi connectivity index (χ0) is 14.0. The van der Waals surface area contributed by atoms with Gasteiger partial charge in [0.25, 0.3) is 0 Å². The van der Waals surface area contributed by atoms with Crippen molar-refractivity contribution in [2.24, 2.45) is 0 Å². The van der Waals surface area contributed by atoms with Crippen LogP contribution in [0, 0.1) is 0 Å². The molecule has 0 amide bonds. The fraction of sp³-hybridized carbons (Fsp3) is 0.357. The molecular formula is C14H16Cl2N2S. The molecule has 0 unspecified atom stereocenters. The number of anilines is 1. The molecule has 1 aromatic carbocycles. The molecule has 1 aromatic heterocycles. The highest BCUT2D eigenvalue weighted by Gasteiger charge is 2.17. The number of halogens is 2. The van der Waals surface area contributed by atoms with E-state index in [4.69, 9.17) is 23.2 Å². The minimum Gasteiger partial charge on any atom is -0.378 e. The average Bonchev–Trinajstić information content (AvgIpc) is 2.79. The van der Waals surface area contributed by atoms with Crippen molar-refractivity contribution < 1.29 is 0 Å². The van der Waals surface area contributed by atoms with Crippen LogP contribution in [0.1, 0.15) is 31.5 Å². The first-order valence-electron chi connectivity index (χ1n) is 6.00. The summed E-state index contributed by atoms with van der Waals surface area (Å²) >= 11 is 13.7. The van der Waals surface area contributed by atoms with E-state index in [1.807, 2.05) is 6.07 Å². The maximum absolute atomic E-state index is 6.10. The lowest BCUT2D eigenvalue weighted by atomic mass is 9.98. The molecule has 1 heterocycles. The van der Waals surface area contributed by atoms with E-state index < -0.39 is 0 Å². The van der Waals surface area contributed by atoms with Gasteiger partial charge >= 0.3 is 0 Å². The lowest BCUT2D eigenvalue weighted by molar-refractivity contribution is 0.583. The Morgan fingerprint density at radius 2 is 2.00 bits per heavy atom. The molecule has 5 heteroatoms. The van der Waals surface area contributed by atoms with Crippen LogP contribution in [-0.4, -0.2) is 4.98 Å². The van der Waals surface area contributed by atoms with Crippen LogP contribution in [0.4, 0.5) is 5.69 Å². The van der Waals surface area contributed by atoms with Crippen LogP contribution in [0.2, 0.25) is 10.0 Å². The molecule has 2 aromatic rings. The summed E-state index contributed by atoms with van der Waals surface area (Å²) in [4.78, 5) is 4.63. The minimum atomic E-state index is 0.0939. The largest absolute Gasteiger partial charge is 0.378 e. The smallest absolute Gasteiger partial charge is 0.0982 e. The predicted molar refractivity (Wildman–Crippen MR) is 84.6 cm³/mol. The molecule has 2 nitrogen and oxygen atoms in total. The van der Waals surface area contributed by atoms with Gasteiger partial charge in [-0.05, 0) is 18.2 Å². The molecule has 1 N–H and O–H groups in total.